The molecule has 3 aromatic rings. The molecule has 1 heterocycles. The van der Waals surface area contributed by atoms with Crippen LogP contribution >= 0.6 is 0 Å². The highest BCUT2D eigenvalue weighted by molar-refractivity contribution is 5.93. The van der Waals surface area contributed by atoms with Crippen LogP contribution in [0.25, 0.3) is 0 Å². The molecule has 0 aliphatic carbocycles. The van der Waals surface area contributed by atoms with Gasteiger partial charge in [0.2, 0.25) is 0 Å². The summed E-state index contributed by atoms with van der Waals surface area (Å²) in [7, 11) is 0. The van der Waals surface area contributed by atoms with Gasteiger partial charge < -0.3 is 20.5 Å². The van der Waals surface area contributed by atoms with E-state index in [-0.39, 0.29) is 13.0 Å². The summed E-state index contributed by atoms with van der Waals surface area (Å²) in [6, 6.07) is 16.3. The number of benzene rings is 3. The van der Waals surface area contributed by atoms with Gasteiger partial charge in [0, 0.05) is 25.2 Å². The molecule has 0 radical (unpaired) electrons. The van der Waals surface area contributed by atoms with Crippen molar-refractivity contribution in [2.45, 2.75) is 70.7 Å². The van der Waals surface area contributed by atoms with Gasteiger partial charge in [-0.3, -0.25) is 0 Å². The molecule has 0 unspecified atom stereocenters. The number of nitrogens with one attached hydrogen (secondary N) is 1. The van der Waals surface area contributed by atoms with Crippen LogP contribution in [0.2, 0.25) is 0 Å². The van der Waals surface area contributed by atoms with Crippen LogP contribution in [0.5, 0.6) is 5.75 Å². The molecule has 0 spiro atoms. The number of fused-ring (bicyclic) bond motifs is 1. The molecular weight excluding hydrogens is 486 g/mol. The van der Waals surface area contributed by atoms with E-state index >= 15 is 0 Å². The van der Waals surface area contributed by atoms with E-state index in [1.54, 1.807) is 6.07 Å². The number of aryl methyl sites for hydroxylation is 2. The third-order valence-corrected chi connectivity index (χ3v) is 6.90. The molecule has 0 amide bonds. The Morgan fingerprint density at radius 1 is 1.05 bits per heavy atom. The molecular formula is C31H36F2N2O3. The molecule has 1 aliphatic heterocycles. The van der Waals surface area contributed by atoms with E-state index in [1.165, 1.54) is 17.7 Å². The van der Waals surface area contributed by atoms with Gasteiger partial charge >= 0.3 is 5.97 Å². The second-order valence-corrected chi connectivity index (χ2v) is 10.5. The van der Waals surface area contributed by atoms with Crippen molar-refractivity contribution >= 4 is 5.97 Å². The average molecular weight is 523 g/mol. The SMILES string of the molecule is CCc1cccc(CNC[C@@H](OC(=O)c2cccc3c2OC(C)(C)CC3)[C@@H](N)Cc2cc(F)cc(F)c2)c1. The van der Waals surface area contributed by atoms with Gasteiger partial charge in [-0.05, 0) is 80.0 Å². The van der Waals surface area contributed by atoms with Crippen molar-refractivity contribution in [2.75, 3.05) is 6.54 Å². The number of carbonyl (C=O) groups is 1. The quantitative estimate of drug-likeness (QED) is 0.343. The van der Waals surface area contributed by atoms with E-state index in [9.17, 15) is 13.6 Å². The van der Waals surface area contributed by atoms with E-state index in [0.29, 0.717) is 23.4 Å². The monoisotopic (exact) mass is 522 g/mol. The minimum atomic E-state index is -0.754. The summed E-state index contributed by atoms with van der Waals surface area (Å²) in [5, 5.41) is 3.34. The highest BCUT2D eigenvalue weighted by atomic mass is 19.1. The topological polar surface area (TPSA) is 73.6 Å². The Kier molecular flexibility index (Phi) is 8.80. The zero-order valence-electron chi connectivity index (χ0n) is 22.2. The molecule has 0 aromatic heterocycles. The molecule has 0 fully saturated rings. The lowest BCUT2D eigenvalue weighted by atomic mass is 9.92. The Bertz CT molecular complexity index is 1260. The van der Waals surface area contributed by atoms with E-state index in [2.05, 4.69) is 24.4 Å². The third-order valence-electron chi connectivity index (χ3n) is 6.90. The first-order valence-electron chi connectivity index (χ1n) is 13.1. The standard InChI is InChI=1S/C31H36F2N2O3/c1-4-20-7-5-8-21(13-20)18-35-19-28(27(34)16-22-14-24(32)17-25(33)15-22)37-30(36)26-10-6-9-23-11-12-31(2,3)38-29(23)26/h5-10,13-15,17,27-28,35H,4,11-12,16,18-19,34H2,1-3H3/t27-,28+/m0/s1. The summed E-state index contributed by atoms with van der Waals surface area (Å²) in [5.41, 5.74) is 10.1. The molecule has 38 heavy (non-hydrogen) atoms. The summed E-state index contributed by atoms with van der Waals surface area (Å²) in [6.07, 6.45) is 1.96. The normalized spacial score (nSPS) is 15.7. The van der Waals surface area contributed by atoms with Gasteiger partial charge in [-0.15, -0.1) is 0 Å². The minimum Gasteiger partial charge on any atom is -0.487 e. The zero-order chi connectivity index (χ0) is 27.3. The van der Waals surface area contributed by atoms with Crippen LogP contribution in [0.3, 0.4) is 0 Å². The maximum Gasteiger partial charge on any atom is 0.342 e. The second-order valence-electron chi connectivity index (χ2n) is 10.5. The third kappa shape index (κ3) is 7.17. The van der Waals surface area contributed by atoms with Crippen LogP contribution in [-0.4, -0.2) is 30.3 Å². The maximum atomic E-state index is 13.8. The highest BCUT2D eigenvalue weighted by Crippen LogP contribution is 2.36. The van der Waals surface area contributed by atoms with Gasteiger partial charge in [0.25, 0.3) is 0 Å². The first-order chi connectivity index (χ1) is 18.1. The molecule has 0 saturated heterocycles. The van der Waals surface area contributed by atoms with Crippen LogP contribution in [0.1, 0.15) is 59.8 Å². The Morgan fingerprint density at radius 2 is 1.76 bits per heavy atom. The first kappa shape index (κ1) is 27.7. The summed E-state index contributed by atoms with van der Waals surface area (Å²) in [5.74, 6) is -1.35. The van der Waals surface area contributed by atoms with Crippen LogP contribution in [0.15, 0.2) is 60.7 Å². The van der Waals surface area contributed by atoms with E-state index in [0.717, 1.165) is 36.5 Å². The van der Waals surface area contributed by atoms with Crippen molar-refractivity contribution in [3.05, 3.63) is 100 Å². The Balaban J connectivity index is 1.52. The number of hydrogen-bond donors (Lipinski definition) is 2. The number of rotatable bonds is 10. The highest BCUT2D eigenvalue weighted by Gasteiger charge is 2.32. The fourth-order valence-electron chi connectivity index (χ4n) is 4.76. The fraction of sp³-hybridized carbons (Fsp3) is 0.387. The van der Waals surface area contributed by atoms with Crippen molar-refractivity contribution in [1.82, 2.24) is 5.32 Å². The first-order valence-corrected chi connectivity index (χ1v) is 13.1. The molecule has 3 aromatic carbocycles. The van der Waals surface area contributed by atoms with Gasteiger partial charge in [0.05, 0.1) is 0 Å². The lowest BCUT2D eigenvalue weighted by Crippen LogP contribution is -2.46. The second kappa shape index (κ2) is 12.0. The van der Waals surface area contributed by atoms with Gasteiger partial charge in [-0.25, -0.2) is 13.6 Å². The van der Waals surface area contributed by atoms with Crippen molar-refractivity contribution in [2.24, 2.45) is 5.73 Å². The number of carbonyl (C=O) groups excluding carboxylic acids is 1. The minimum absolute atomic E-state index is 0.135. The summed E-state index contributed by atoms with van der Waals surface area (Å²) in [4.78, 5) is 13.4. The smallest absolute Gasteiger partial charge is 0.342 e. The molecule has 2 atom stereocenters. The van der Waals surface area contributed by atoms with E-state index < -0.39 is 35.4 Å². The van der Waals surface area contributed by atoms with Crippen molar-refractivity contribution in [1.29, 1.82) is 0 Å². The predicted molar refractivity (Wildman–Crippen MR) is 144 cm³/mol. The van der Waals surface area contributed by atoms with Gasteiger partial charge in [0.1, 0.15) is 34.7 Å². The predicted octanol–water partition coefficient (Wildman–Crippen LogP) is 5.52. The Labute approximate surface area is 223 Å². The van der Waals surface area contributed by atoms with E-state index in [1.807, 2.05) is 38.1 Å². The van der Waals surface area contributed by atoms with Crippen molar-refractivity contribution in [3.63, 3.8) is 0 Å². The fourth-order valence-corrected chi connectivity index (χ4v) is 4.76. The average Bonchev–Trinajstić information content (AvgIpc) is 2.86. The van der Waals surface area contributed by atoms with Gasteiger partial charge in [0.15, 0.2) is 0 Å². The number of esters is 1. The zero-order valence-corrected chi connectivity index (χ0v) is 22.2. The summed E-state index contributed by atoms with van der Waals surface area (Å²) in [6.45, 7) is 6.91. The molecule has 4 rings (SSSR count). The number of hydrogen-bond acceptors (Lipinski definition) is 5. The van der Waals surface area contributed by atoms with E-state index in [4.69, 9.17) is 15.2 Å². The maximum absolute atomic E-state index is 13.8. The van der Waals surface area contributed by atoms with Crippen LogP contribution < -0.4 is 15.8 Å². The van der Waals surface area contributed by atoms with Crippen LogP contribution in [-0.2, 0) is 30.5 Å². The van der Waals surface area contributed by atoms with Gasteiger partial charge in [-0.2, -0.15) is 0 Å². The van der Waals surface area contributed by atoms with Gasteiger partial charge in [-0.1, -0.05) is 43.3 Å². The van der Waals surface area contributed by atoms with Crippen molar-refractivity contribution < 1.29 is 23.0 Å². The lowest BCUT2D eigenvalue weighted by Gasteiger charge is -2.33. The van der Waals surface area contributed by atoms with Crippen LogP contribution in [0, 0.1) is 11.6 Å². The Morgan fingerprint density at radius 3 is 2.50 bits per heavy atom. The molecule has 202 valence electrons. The number of ether oxygens (including phenoxy) is 2. The molecule has 0 saturated carbocycles. The molecule has 0 bridgehead atoms. The summed E-state index contributed by atoms with van der Waals surface area (Å²) < 4.78 is 39.7. The van der Waals surface area contributed by atoms with Crippen LogP contribution in [0.4, 0.5) is 8.78 Å². The molecule has 3 N–H and O–H groups in total. The number of halogens is 2. The summed E-state index contributed by atoms with van der Waals surface area (Å²) >= 11 is 0. The number of nitrogens with two attached hydrogens (primary N) is 1. The Hall–Kier alpha value is -3.29. The van der Waals surface area contributed by atoms with Crippen molar-refractivity contribution in [3.8, 4) is 5.75 Å². The largest absolute Gasteiger partial charge is 0.487 e. The molecule has 1 aliphatic rings. The lowest BCUT2D eigenvalue weighted by molar-refractivity contribution is 0.0220. The molecule has 5 nitrogen and oxygen atoms in total. The molecule has 7 heteroatoms. The number of para-hydroxylation sites is 1.